The Morgan fingerprint density at radius 1 is 1.31 bits per heavy atom. The number of rotatable bonds is 3. The minimum absolute atomic E-state index is 0.0146. The molecule has 5 atom stereocenters. The molecule has 2 saturated heterocycles. The summed E-state index contributed by atoms with van der Waals surface area (Å²) in [5.74, 6) is 0.248. The van der Waals surface area contributed by atoms with E-state index in [1.165, 1.54) is 6.07 Å². The van der Waals surface area contributed by atoms with Crippen LogP contribution in [-0.2, 0) is 11.0 Å². The summed E-state index contributed by atoms with van der Waals surface area (Å²) >= 11 is 0. The van der Waals surface area contributed by atoms with Crippen molar-refractivity contribution in [2.45, 2.75) is 57.3 Å². The summed E-state index contributed by atoms with van der Waals surface area (Å²) in [7, 11) is 0. The maximum absolute atomic E-state index is 12.8. The second-order valence-electron chi connectivity index (χ2n) is 7.41. The van der Waals surface area contributed by atoms with E-state index in [4.69, 9.17) is 0 Å². The first-order valence-corrected chi connectivity index (χ1v) is 8.90. The fourth-order valence-corrected chi connectivity index (χ4v) is 3.97. The van der Waals surface area contributed by atoms with Crippen LogP contribution in [0.25, 0.3) is 0 Å². The van der Waals surface area contributed by atoms with Gasteiger partial charge in [0.2, 0.25) is 5.91 Å². The molecule has 6 nitrogen and oxygen atoms in total. The van der Waals surface area contributed by atoms with Crippen molar-refractivity contribution in [2.75, 3.05) is 0 Å². The maximum atomic E-state index is 12.8. The highest BCUT2D eigenvalue weighted by molar-refractivity contribution is 5.81. The molecule has 9 heteroatoms. The SMILES string of the molecule is CC1NC(=O)C2C(C3CC3)NN(C(C)c3ccc(C(F)(F)F)cn3)C2N1. The van der Waals surface area contributed by atoms with E-state index in [1.807, 2.05) is 18.9 Å². The van der Waals surface area contributed by atoms with Gasteiger partial charge in [-0.1, -0.05) is 0 Å². The predicted octanol–water partition coefficient (Wildman–Crippen LogP) is 1.77. The Kier molecular flexibility index (Phi) is 4.20. The van der Waals surface area contributed by atoms with Crippen LogP contribution in [0.2, 0.25) is 0 Å². The molecule has 3 heterocycles. The van der Waals surface area contributed by atoms with Gasteiger partial charge in [0.15, 0.2) is 0 Å². The summed E-state index contributed by atoms with van der Waals surface area (Å²) in [5.41, 5.74) is 3.20. The Morgan fingerprint density at radius 3 is 2.62 bits per heavy atom. The molecule has 2 aliphatic heterocycles. The van der Waals surface area contributed by atoms with Gasteiger partial charge in [0.25, 0.3) is 0 Å². The first kappa shape index (κ1) is 17.7. The van der Waals surface area contributed by atoms with Crippen molar-refractivity contribution in [3.8, 4) is 0 Å². The lowest BCUT2D eigenvalue weighted by atomic mass is 9.92. The molecule has 1 aliphatic carbocycles. The standard InChI is InChI=1S/C17H22F3N5O/c1-8(12-6-5-11(7-21-12)17(18,19)20)25-15-13(14(24-25)10-3-4-10)16(26)23-9(2)22-15/h5-10,13-15,22,24H,3-4H2,1-2H3,(H,23,26). The molecule has 5 unspecified atom stereocenters. The zero-order valence-corrected chi connectivity index (χ0v) is 14.5. The number of pyridine rings is 1. The summed E-state index contributed by atoms with van der Waals surface area (Å²) in [5, 5.41) is 8.25. The van der Waals surface area contributed by atoms with Gasteiger partial charge in [-0.2, -0.15) is 13.2 Å². The number of nitrogens with one attached hydrogen (secondary N) is 3. The molecule has 0 spiro atoms. The van der Waals surface area contributed by atoms with E-state index in [0.717, 1.165) is 25.1 Å². The summed E-state index contributed by atoms with van der Waals surface area (Å²) in [6.45, 7) is 3.76. The molecule has 4 rings (SSSR count). The Hall–Kier alpha value is -1.71. The highest BCUT2D eigenvalue weighted by atomic mass is 19.4. The van der Waals surface area contributed by atoms with Crippen LogP contribution in [-0.4, -0.2) is 34.3 Å². The molecular formula is C17H22F3N5O. The quantitative estimate of drug-likeness (QED) is 0.758. The van der Waals surface area contributed by atoms with Crippen molar-refractivity contribution in [1.29, 1.82) is 0 Å². The third-order valence-corrected chi connectivity index (χ3v) is 5.50. The number of halogens is 3. The van der Waals surface area contributed by atoms with Gasteiger partial charge in [-0.15, -0.1) is 0 Å². The number of hydrogen-bond acceptors (Lipinski definition) is 5. The Morgan fingerprint density at radius 2 is 2.04 bits per heavy atom. The van der Waals surface area contributed by atoms with Crippen molar-refractivity contribution < 1.29 is 18.0 Å². The second-order valence-corrected chi connectivity index (χ2v) is 7.41. The number of hydrazine groups is 1. The van der Waals surface area contributed by atoms with Gasteiger partial charge >= 0.3 is 6.18 Å². The molecule has 1 aromatic heterocycles. The minimum Gasteiger partial charge on any atom is -0.341 e. The van der Waals surface area contributed by atoms with Crippen LogP contribution >= 0.6 is 0 Å². The molecule has 1 aromatic rings. The number of alkyl halides is 3. The Labute approximate surface area is 149 Å². The average Bonchev–Trinajstić information content (AvgIpc) is 3.34. The van der Waals surface area contributed by atoms with Crippen molar-refractivity contribution in [3.05, 3.63) is 29.6 Å². The van der Waals surface area contributed by atoms with E-state index in [2.05, 4.69) is 21.0 Å². The highest BCUT2D eigenvalue weighted by Gasteiger charge is 2.54. The molecule has 1 saturated carbocycles. The molecule has 3 N–H and O–H groups in total. The lowest BCUT2D eigenvalue weighted by molar-refractivity contribution is -0.138. The Balaban J connectivity index is 1.58. The van der Waals surface area contributed by atoms with Gasteiger partial charge in [-0.25, -0.2) is 10.4 Å². The van der Waals surface area contributed by atoms with E-state index < -0.39 is 11.7 Å². The van der Waals surface area contributed by atoms with Crippen molar-refractivity contribution >= 4 is 5.91 Å². The van der Waals surface area contributed by atoms with Gasteiger partial charge in [0.05, 0.1) is 35.5 Å². The lowest BCUT2D eigenvalue weighted by Gasteiger charge is -2.37. The third kappa shape index (κ3) is 3.08. The molecule has 142 valence electrons. The smallest absolute Gasteiger partial charge is 0.341 e. The van der Waals surface area contributed by atoms with Gasteiger partial charge in [0.1, 0.15) is 0 Å². The Bertz CT molecular complexity index is 691. The normalized spacial score (nSPS) is 33.7. The van der Waals surface area contributed by atoms with Crippen LogP contribution in [0.4, 0.5) is 13.2 Å². The minimum atomic E-state index is -4.40. The van der Waals surface area contributed by atoms with E-state index in [1.54, 1.807) is 0 Å². The second kappa shape index (κ2) is 6.17. The predicted molar refractivity (Wildman–Crippen MR) is 87.2 cm³/mol. The van der Waals surface area contributed by atoms with Crippen LogP contribution in [0.3, 0.4) is 0 Å². The van der Waals surface area contributed by atoms with Crippen molar-refractivity contribution in [1.82, 2.24) is 26.1 Å². The number of carbonyl (C=O) groups is 1. The highest BCUT2D eigenvalue weighted by Crippen LogP contribution is 2.42. The fourth-order valence-electron chi connectivity index (χ4n) is 3.97. The monoisotopic (exact) mass is 369 g/mol. The van der Waals surface area contributed by atoms with Crippen molar-refractivity contribution in [2.24, 2.45) is 11.8 Å². The molecule has 0 bridgehead atoms. The molecule has 0 aromatic carbocycles. The van der Waals surface area contributed by atoms with Crippen LogP contribution < -0.4 is 16.1 Å². The van der Waals surface area contributed by atoms with Crippen LogP contribution in [0.15, 0.2) is 18.3 Å². The van der Waals surface area contributed by atoms with Gasteiger partial charge in [0, 0.05) is 12.2 Å². The number of carbonyl (C=O) groups excluding carboxylic acids is 1. The summed E-state index contributed by atoms with van der Waals surface area (Å²) in [4.78, 5) is 16.6. The zero-order chi connectivity index (χ0) is 18.6. The van der Waals surface area contributed by atoms with Crippen LogP contribution in [0, 0.1) is 11.8 Å². The lowest BCUT2D eigenvalue weighted by Crippen LogP contribution is -2.63. The largest absolute Gasteiger partial charge is 0.417 e. The molecule has 3 fully saturated rings. The molecular weight excluding hydrogens is 347 g/mol. The first-order chi connectivity index (χ1) is 12.3. The van der Waals surface area contributed by atoms with Crippen LogP contribution in [0.5, 0.6) is 0 Å². The summed E-state index contributed by atoms with van der Waals surface area (Å²) < 4.78 is 38.3. The van der Waals surface area contributed by atoms with E-state index in [9.17, 15) is 18.0 Å². The van der Waals surface area contributed by atoms with Gasteiger partial charge in [-0.3, -0.25) is 15.1 Å². The van der Waals surface area contributed by atoms with E-state index in [-0.39, 0.29) is 36.2 Å². The molecule has 1 amide bonds. The van der Waals surface area contributed by atoms with Gasteiger partial charge in [-0.05, 0) is 44.7 Å². The van der Waals surface area contributed by atoms with Crippen LogP contribution in [0.1, 0.15) is 44.0 Å². The van der Waals surface area contributed by atoms with Gasteiger partial charge < -0.3 is 5.32 Å². The van der Waals surface area contributed by atoms with E-state index >= 15 is 0 Å². The number of amides is 1. The molecule has 0 radical (unpaired) electrons. The topological polar surface area (TPSA) is 69.3 Å². The number of aromatic nitrogens is 1. The first-order valence-electron chi connectivity index (χ1n) is 8.90. The summed E-state index contributed by atoms with van der Waals surface area (Å²) in [6, 6.07) is 2.21. The summed E-state index contributed by atoms with van der Waals surface area (Å²) in [6.07, 6.45) is -1.75. The average molecular weight is 369 g/mol. The van der Waals surface area contributed by atoms with E-state index in [0.29, 0.717) is 11.6 Å². The number of nitrogens with zero attached hydrogens (tertiary/aromatic N) is 2. The fraction of sp³-hybridized carbons (Fsp3) is 0.647. The number of hydrogen-bond donors (Lipinski definition) is 3. The molecule has 3 aliphatic rings. The maximum Gasteiger partial charge on any atom is 0.417 e. The third-order valence-electron chi connectivity index (χ3n) is 5.50. The molecule has 26 heavy (non-hydrogen) atoms. The zero-order valence-electron chi connectivity index (χ0n) is 14.5. The number of fused-ring (bicyclic) bond motifs is 1. The van der Waals surface area contributed by atoms with Crippen molar-refractivity contribution in [3.63, 3.8) is 0 Å².